The number of hydrogen-bond acceptors (Lipinski definition) is 4. The molecule has 3 aromatic carbocycles. The average Bonchev–Trinajstić information content (AvgIpc) is 3.21. The normalized spacial score (nSPS) is 11.0. The summed E-state index contributed by atoms with van der Waals surface area (Å²) in [6.07, 6.45) is 1.89. The molecule has 0 unspecified atom stereocenters. The van der Waals surface area contributed by atoms with Crippen LogP contribution in [-0.2, 0) is 19.6 Å². The Kier molecular flexibility index (Phi) is 7.07. The summed E-state index contributed by atoms with van der Waals surface area (Å²) >= 11 is 5.97. The smallest absolute Gasteiger partial charge is 0.166 e. The Bertz CT molecular complexity index is 1090. The number of methoxy groups -OCH3 is 1. The van der Waals surface area contributed by atoms with Gasteiger partial charge in [-0.05, 0) is 48.9 Å². The molecular formula is C25H26ClN3O2. The van der Waals surface area contributed by atoms with Crippen molar-refractivity contribution >= 4 is 22.6 Å². The van der Waals surface area contributed by atoms with E-state index < -0.39 is 0 Å². The number of ether oxygens (including phenoxy) is 2. The highest BCUT2D eigenvalue weighted by molar-refractivity contribution is 6.30. The first-order valence-corrected chi connectivity index (χ1v) is 10.8. The maximum atomic E-state index is 6.12. The largest absolute Gasteiger partial charge is 0.493 e. The third kappa shape index (κ3) is 5.57. The third-order valence-corrected chi connectivity index (χ3v) is 5.35. The van der Waals surface area contributed by atoms with E-state index in [1.807, 2.05) is 54.6 Å². The van der Waals surface area contributed by atoms with Crippen LogP contribution in [0.1, 0.15) is 23.4 Å². The predicted octanol–water partition coefficient (Wildman–Crippen LogP) is 5.53. The van der Waals surface area contributed by atoms with Crippen LogP contribution in [-0.4, -0.2) is 23.6 Å². The van der Waals surface area contributed by atoms with E-state index in [1.165, 1.54) is 0 Å². The van der Waals surface area contributed by atoms with Crippen molar-refractivity contribution in [3.05, 3.63) is 88.7 Å². The van der Waals surface area contributed by atoms with Gasteiger partial charge in [0, 0.05) is 23.6 Å². The van der Waals surface area contributed by atoms with Gasteiger partial charge in [-0.15, -0.1) is 0 Å². The summed E-state index contributed by atoms with van der Waals surface area (Å²) in [5.41, 5.74) is 4.23. The first-order chi connectivity index (χ1) is 15.2. The van der Waals surface area contributed by atoms with Crippen LogP contribution in [0.3, 0.4) is 0 Å². The fourth-order valence-corrected chi connectivity index (χ4v) is 3.62. The summed E-state index contributed by atoms with van der Waals surface area (Å²) in [4.78, 5) is 8.02. The molecule has 31 heavy (non-hydrogen) atoms. The molecule has 0 spiro atoms. The number of benzene rings is 3. The van der Waals surface area contributed by atoms with Crippen molar-refractivity contribution in [2.75, 3.05) is 13.7 Å². The van der Waals surface area contributed by atoms with Crippen LogP contribution < -0.4 is 14.8 Å². The van der Waals surface area contributed by atoms with Gasteiger partial charge < -0.3 is 19.8 Å². The van der Waals surface area contributed by atoms with Crippen molar-refractivity contribution in [1.29, 1.82) is 0 Å². The number of fused-ring (bicyclic) bond motifs is 1. The highest BCUT2D eigenvalue weighted by Crippen LogP contribution is 2.32. The Balaban J connectivity index is 1.31. The van der Waals surface area contributed by atoms with E-state index in [-0.39, 0.29) is 0 Å². The van der Waals surface area contributed by atoms with Crippen molar-refractivity contribution in [3.63, 3.8) is 0 Å². The van der Waals surface area contributed by atoms with Crippen LogP contribution in [0.25, 0.3) is 11.0 Å². The SMILES string of the molecule is COc1cccc(CNCCCc2nc3ccccc3[nH]2)c1OCc1ccc(Cl)cc1. The lowest BCUT2D eigenvalue weighted by Crippen LogP contribution is -2.16. The van der Waals surface area contributed by atoms with Gasteiger partial charge in [-0.1, -0.05) is 48.0 Å². The minimum atomic E-state index is 0.455. The molecule has 1 aromatic heterocycles. The fraction of sp³-hybridized carbons (Fsp3) is 0.240. The average molecular weight is 436 g/mol. The van der Waals surface area contributed by atoms with Gasteiger partial charge in [0.25, 0.3) is 0 Å². The number of rotatable bonds is 10. The number of para-hydroxylation sites is 3. The number of hydrogen-bond donors (Lipinski definition) is 2. The second kappa shape index (κ2) is 10.3. The number of nitrogens with one attached hydrogen (secondary N) is 2. The van der Waals surface area contributed by atoms with Crippen molar-refractivity contribution < 1.29 is 9.47 Å². The van der Waals surface area contributed by atoms with E-state index in [0.717, 1.165) is 58.9 Å². The van der Waals surface area contributed by atoms with Gasteiger partial charge >= 0.3 is 0 Å². The minimum absolute atomic E-state index is 0.455. The summed E-state index contributed by atoms with van der Waals surface area (Å²) in [6, 6.07) is 21.7. The summed E-state index contributed by atoms with van der Waals surface area (Å²) in [7, 11) is 1.66. The van der Waals surface area contributed by atoms with E-state index in [4.69, 9.17) is 21.1 Å². The topological polar surface area (TPSA) is 59.2 Å². The molecule has 0 fully saturated rings. The van der Waals surface area contributed by atoms with Crippen molar-refractivity contribution in [2.24, 2.45) is 0 Å². The molecule has 0 aliphatic rings. The summed E-state index contributed by atoms with van der Waals surface area (Å²) in [5, 5.41) is 4.22. The van der Waals surface area contributed by atoms with Crippen LogP contribution >= 0.6 is 11.6 Å². The lowest BCUT2D eigenvalue weighted by molar-refractivity contribution is 0.280. The second-order valence-corrected chi connectivity index (χ2v) is 7.78. The van der Waals surface area contributed by atoms with Gasteiger partial charge in [0.05, 0.1) is 18.1 Å². The number of nitrogens with zero attached hydrogens (tertiary/aromatic N) is 1. The summed E-state index contributed by atoms with van der Waals surface area (Å²) in [6.45, 7) is 2.04. The van der Waals surface area contributed by atoms with Gasteiger partial charge in [0.1, 0.15) is 12.4 Å². The maximum absolute atomic E-state index is 6.12. The lowest BCUT2D eigenvalue weighted by Gasteiger charge is -2.16. The van der Waals surface area contributed by atoms with Crippen LogP contribution in [0.15, 0.2) is 66.7 Å². The van der Waals surface area contributed by atoms with Gasteiger partial charge in [0.2, 0.25) is 0 Å². The first-order valence-electron chi connectivity index (χ1n) is 10.4. The quantitative estimate of drug-likeness (QED) is 0.322. The zero-order valence-electron chi connectivity index (χ0n) is 17.5. The molecule has 4 aromatic rings. The molecule has 1 heterocycles. The molecule has 0 aliphatic heterocycles. The van der Waals surface area contributed by atoms with Crippen LogP contribution in [0.4, 0.5) is 0 Å². The highest BCUT2D eigenvalue weighted by Gasteiger charge is 2.11. The van der Waals surface area contributed by atoms with E-state index >= 15 is 0 Å². The molecule has 0 aliphatic carbocycles. The van der Waals surface area contributed by atoms with Gasteiger partial charge in [-0.3, -0.25) is 0 Å². The molecule has 0 saturated heterocycles. The molecule has 0 atom stereocenters. The monoisotopic (exact) mass is 435 g/mol. The van der Waals surface area contributed by atoms with Gasteiger partial charge in [0.15, 0.2) is 11.5 Å². The Morgan fingerprint density at radius 1 is 1.00 bits per heavy atom. The number of H-pyrrole nitrogens is 1. The van der Waals surface area contributed by atoms with Crippen molar-refractivity contribution in [1.82, 2.24) is 15.3 Å². The zero-order valence-corrected chi connectivity index (χ0v) is 18.3. The van der Waals surface area contributed by atoms with Gasteiger partial charge in [-0.2, -0.15) is 0 Å². The molecular weight excluding hydrogens is 410 g/mol. The number of aromatic nitrogens is 2. The summed E-state index contributed by atoms with van der Waals surface area (Å²) in [5.74, 6) is 2.52. The van der Waals surface area contributed by atoms with Gasteiger partial charge in [-0.25, -0.2) is 4.98 Å². The minimum Gasteiger partial charge on any atom is -0.493 e. The van der Waals surface area contributed by atoms with Crippen LogP contribution in [0.5, 0.6) is 11.5 Å². The Hall–Kier alpha value is -3.02. The molecule has 0 amide bonds. The number of aryl methyl sites for hydroxylation is 1. The number of halogens is 1. The zero-order chi connectivity index (χ0) is 21.5. The third-order valence-electron chi connectivity index (χ3n) is 5.10. The Morgan fingerprint density at radius 2 is 1.84 bits per heavy atom. The molecule has 4 rings (SSSR count). The van der Waals surface area contributed by atoms with E-state index in [0.29, 0.717) is 18.2 Å². The molecule has 0 saturated carbocycles. The van der Waals surface area contributed by atoms with Crippen LogP contribution in [0.2, 0.25) is 5.02 Å². The molecule has 5 nitrogen and oxygen atoms in total. The Morgan fingerprint density at radius 3 is 2.65 bits per heavy atom. The molecule has 2 N–H and O–H groups in total. The van der Waals surface area contributed by atoms with Crippen LogP contribution in [0, 0.1) is 0 Å². The van der Waals surface area contributed by atoms with E-state index in [1.54, 1.807) is 7.11 Å². The second-order valence-electron chi connectivity index (χ2n) is 7.34. The molecule has 0 radical (unpaired) electrons. The van der Waals surface area contributed by atoms with E-state index in [2.05, 4.69) is 27.4 Å². The molecule has 6 heteroatoms. The maximum Gasteiger partial charge on any atom is 0.166 e. The fourth-order valence-electron chi connectivity index (χ4n) is 3.49. The standard InChI is InChI=1S/C25H26ClN3O2/c1-30-23-9-4-6-19(25(23)31-17-18-11-13-20(26)14-12-18)16-27-15-5-10-24-28-21-7-2-3-8-22(21)29-24/h2-4,6-9,11-14,27H,5,10,15-17H2,1H3,(H,28,29). The number of imidazole rings is 1. The Labute approximate surface area is 187 Å². The predicted molar refractivity (Wildman–Crippen MR) is 125 cm³/mol. The van der Waals surface area contributed by atoms with E-state index in [9.17, 15) is 0 Å². The first kappa shape index (κ1) is 21.2. The molecule has 160 valence electrons. The van der Waals surface area contributed by atoms with Crippen molar-refractivity contribution in [2.45, 2.75) is 26.0 Å². The summed E-state index contributed by atoms with van der Waals surface area (Å²) < 4.78 is 11.6. The highest BCUT2D eigenvalue weighted by atomic mass is 35.5. The number of aromatic amines is 1. The van der Waals surface area contributed by atoms with Crippen molar-refractivity contribution in [3.8, 4) is 11.5 Å². The lowest BCUT2D eigenvalue weighted by atomic mass is 10.1. The molecule has 0 bridgehead atoms.